The van der Waals surface area contributed by atoms with Crippen LogP contribution in [0, 0.1) is 0 Å². The Kier molecular flexibility index (Phi) is 8.74. The van der Waals surface area contributed by atoms with Crippen LogP contribution in [-0.2, 0) is 9.59 Å². The smallest absolute Gasteiger partial charge is 0.289 e. The molecule has 4 N–H and O–H groups in total. The van der Waals surface area contributed by atoms with Crippen molar-refractivity contribution < 1.29 is 49.6 Å². The van der Waals surface area contributed by atoms with E-state index in [-0.39, 0.29) is 29.6 Å². The molecule has 0 heterocycles. The maximum Gasteiger partial charge on any atom is 1.00 e. The Morgan fingerprint density at radius 3 is 1.60 bits per heavy atom. The van der Waals surface area contributed by atoms with Crippen LogP contribution in [0.4, 0.5) is 0 Å². The van der Waals surface area contributed by atoms with Gasteiger partial charge in [0.1, 0.15) is 6.42 Å². The fourth-order valence-electron chi connectivity index (χ4n) is 0.225. The van der Waals surface area contributed by atoms with Crippen LogP contribution in [0.25, 0.3) is 0 Å². The molecule has 0 saturated heterocycles. The van der Waals surface area contributed by atoms with E-state index in [9.17, 15) is 9.59 Å². The van der Waals surface area contributed by atoms with Crippen LogP contribution in [0.5, 0.6) is 0 Å². The van der Waals surface area contributed by atoms with Crippen molar-refractivity contribution >= 4 is 11.8 Å². The maximum absolute atomic E-state index is 10.0. The molecule has 10 heavy (non-hydrogen) atoms. The molecular formula is C3H6N2NaO4+. The summed E-state index contributed by atoms with van der Waals surface area (Å²) in [4.78, 5) is 20.1. The van der Waals surface area contributed by atoms with E-state index in [0.717, 1.165) is 0 Å². The topological polar surface area (TPSA) is 98.7 Å². The van der Waals surface area contributed by atoms with Crippen molar-refractivity contribution in [2.45, 2.75) is 6.42 Å². The van der Waals surface area contributed by atoms with Gasteiger partial charge in [-0.15, -0.1) is 0 Å². The molecule has 0 unspecified atom stereocenters. The third-order valence-corrected chi connectivity index (χ3v) is 0.571. The Morgan fingerprint density at radius 2 is 1.40 bits per heavy atom. The van der Waals surface area contributed by atoms with Crippen LogP contribution < -0.4 is 40.5 Å². The van der Waals surface area contributed by atoms with E-state index in [4.69, 9.17) is 10.4 Å². The third-order valence-electron chi connectivity index (χ3n) is 0.571. The minimum absolute atomic E-state index is 0. The number of carbonyl (C=O) groups is 2. The van der Waals surface area contributed by atoms with Crippen LogP contribution in [0.3, 0.4) is 0 Å². The van der Waals surface area contributed by atoms with Gasteiger partial charge in [0.15, 0.2) is 0 Å². The Morgan fingerprint density at radius 1 is 1.10 bits per heavy atom. The summed E-state index contributed by atoms with van der Waals surface area (Å²) in [5, 5.41) is 15.6. The molecule has 0 spiro atoms. The Hall–Kier alpha value is -0.140. The number of hydrogen-bond donors (Lipinski definition) is 4. The Balaban J connectivity index is 0. The normalized spacial score (nSPS) is 7.40. The molecule has 0 aromatic carbocycles. The van der Waals surface area contributed by atoms with Gasteiger partial charge < -0.3 is 0 Å². The zero-order valence-electron chi connectivity index (χ0n) is 5.42. The van der Waals surface area contributed by atoms with Gasteiger partial charge in [0.2, 0.25) is 0 Å². The molecule has 0 bridgehead atoms. The van der Waals surface area contributed by atoms with Gasteiger partial charge in [0, 0.05) is 0 Å². The van der Waals surface area contributed by atoms with Gasteiger partial charge in [-0.1, -0.05) is 0 Å². The van der Waals surface area contributed by atoms with Gasteiger partial charge >= 0.3 is 29.6 Å². The predicted octanol–water partition coefficient (Wildman–Crippen LogP) is -4.61. The van der Waals surface area contributed by atoms with E-state index in [1.807, 2.05) is 0 Å². The van der Waals surface area contributed by atoms with E-state index >= 15 is 0 Å². The van der Waals surface area contributed by atoms with Gasteiger partial charge in [-0.25, -0.2) is 11.0 Å². The van der Waals surface area contributed by atoms with E-state index in [1.165, 1.54) is 11.0 Å². The molecule has 0 aromatic rings. The largest absolute Gasteiger partial charge is 1.00 e. The standard InChI is InChI=1S/C3H6N2O4.Na/c6-2(4-8)1-3(7)5-9;/h8-9H,1H2,(H,4,6)(H,5,7);/q;+1. The quantitative estimate of drug-likeness (QED) is 0.140. The molecule has 0 radical (unpaired) electrons. The van der Waals surface area contributed by atoms with Crippen LogP contribution in [0.2, 0.25) is 0 Å². The van der Waals surface area contributed by atoms with Crippen molar-refractivity contribution in [3.8, 4) is 0 Å². The van der Waals surface area contributed by atoms with Gasteiger partial charge in [0.05, 0.1) is 0 Å². The number of hydroxylamine groups is 2. The molecule has 0 rings (SSSR count). The molecule has 52 valence electrons. The van der Waals surface area contributed by atoms with Crippen LogP contribution >= 0.6 is 0 Å². The number of rotatable bonds is 2. The van der Waals surface area contributed by atoms with E-state index in [1.54, 1.807) is 0 Å². The van der Waals surface area contributed by atoms with E-state index in [2.05, 4.69) is 0 Å². The maximum atomic E-state index is 10.0. The fraction of sp³-hybridized carbons (Fsp3) is 0.333. The van der Waals surface area contributed by atoms with Crippen molar-refractivity contribution in [2.75, 3.05) is 0 Å². The summed E-state index contributed by atoms with van der Waals surface area (Å²) >= 11 is 0. The van der Waals surface area contributed by atoms with Crippen molar-refractivity contribution in [1.82, 2.24) is 11.0 Å². The van der Waals surface area contributed by atoms with Crippen molar-refractivity contribution in [3.63, 3.8) is 0 Å². The van der Waals surface area contributed by atoms with Crippen molar-refractivity contribution in [2.24, 2.45) is 0 Å². The summed E-state index contributed by atoms with van der Waals surface area (Å²) in [6.45, 7) is 0. The summed E-state index contributed by atoms with van der Waals surface area (Å²) in [6.07, 6.45) is -0.590. The molecular weight excluding hydrogens is 151 g/mol. The molecule has 0 aliphatic heterocycles. The van der Waals surface area contributed by atoms with Crippen molar-refractivity contribution in [1.29, 1.82) is 0 Å². The molecule has 0 saturated carbocycles. The second-order valence-electron chi connectivity index (χ2n) is 1.25. The third kappa shape index (κ3) is 5.99. The van der Waals surface area contributed by atoms with E-state index < -0.39 is 18.2 Å². The van der Waals surface area contributed by atoms with Crippen LogP contribution in [-0.4, -0.2) is 22.2 Å². The van der Waals surface area contributed by atoms with Gasteiger partial charge in [-0.05, 0) is 0 Å². The number of amides is 2. The zero-order chi connectivity index (χ0) is 7.28. The zero-order valence-corrected chi connectivity index (χ0v) is 7.42. The first-order valence-corrected chi connectivity index (χ1v) is 2.06. The molecule has 0 atom stereocenters. The first-order valence-electron chi connectivity index (χ1n) is 2.06. The Labute approximate surface area is 78.8 Å². The second kappa shape index (κ2) is 6.97. The molecule has 0 aliphatic carbocycles. The second-order valence-corrected chi connectivity index (χ2v) is 1.25. The van der Waals surface area contributed by atoms with E-state index in [0.29, 0.717) is 0 Å². The summed E-state index contributed by atoms with van der Waals surface area (Å²) in [6, 6.07) is 0. The minimum Gasteiger partial charge on any atom is -0.289 e. The average Bonchev–Trinajstić information content (AvgIpc) is 1.87. The summed E-state index contributed by atoms with van der Waals surface area (Å²) < 4.78 is 0. The van der Waals surface area contributed by atoms with Gasteiger partial charge in [-0.3, -0.25) is 20.0 Å². The molecule has 2 amide bonds. The van der Waals surface area contributed by atoms with Crippen molar-refractivity contribution in [3.05, 3.63) is 0 Å². The van der Waals surface area contributed by atoms with Gasteiger partial charge in [0.25, 0.3) is 11.8 Å². The predicted molar refractivity (Wildman–Crippen MR) is 24.5 cm³/mol. The molecule has 0 aliphatic rings. The summed E-state index contributed by atoms with van der Waals surface area (Å²) in [5.41, 5.74) is 2.44. The minimum atomic E-state index is -0.874. The monoisotopic (exact) mass is 157 g/mol. The molecule has 0 fully saturated rings. The average molecular weight is 157 g/mol. The number of hydrogen-bond acceptors (Lipinski definition) is 4. The summed E-state index contributed by atoms with van der Waals surface area (Å²) in [7, 11) is 0. The molecule has 0 aromatic heterocycles. The first-order chi connectivity index (χ1) is 4.20. The Bertz CT molecular complexity index is 114. The van der Waals surface area contributed by atoms with Crippen LogP contribution in [0.1, 0.15) is 6.42 Å². The molecule has 6 nitrogen and oxygen atoms in total. The summed E-state index contributed by atoms with van der Waals surface area (Å²) in [5.74, 6) is -1.75. The number of carbonyl (C=O) groups excluding carboxylic acids is 2. The SMILES string of the molecule is O=C(CC(=O)NO)NO.[Na+]. The fourth-order valence-corrected chi connectivity index (χ4v) is 0.225. The molecule has 7 heteroatoms. The van der Waals surface area contributed by atoms with Crippen LogP contribution in [0.15, 0.2) is 0 Å². The number of nitrogens with one attached hydrogen (secondary N) is 2. The van der Waals surface area contributed by atoms with Gasteiger partial charge in [-0.2, -0.15) is 0 Å². The first kappa shape index (κ1) is 12.5.